The first-order chi connectivity index (χ1) is 12.8. The second kappa shape index (κ2) is 8.58. The highest BCUT2D eigenvalue weighted by Gasteiger charge is 2.31. The molecule has 1 unspecified atom stereocenters. The van der Waals surface area contributed by atoms with E-state index in [1.807, 2.05) is 0 Å². The zero-order valence-electron chi connectivity index (χ0n) is 13.5. The number of halogens is 5. The number of aliphatic hydroxyl groups is 1. The summed E-state index contributed by atoms with van der Waals surface area (Å²) in [6.07, 6.45) is 0. The van der Waals surface area contributed by atoms with Crippen molar-refractivity contribution in [3.8, 4) is 0 Å². The van der Waals surface area contributed by atoms with Crippen molar-refractivity contribution in [1.29, 1.82) is 0 Å². The fourth-order valence-electron chi connectivity index (χ4n) is 2.14. The Labute approximate surface area is 149 Å². The van der Waals surface area contributed by atoms with E-state index in [4.69, 9.17) is 0 Å². The summed E-state index contributed by atoms with van der Waals surface area (Å²) in [5.74, 6) is -14.4. The number of aliphatic hydroxyl groups excluding tert-OH is 1. The van der Waals surface area contributed by atoms with Gasteiger partial charge in [-0.25, -0.2) is 22.0 Å². The predicted molar refractivity (Wildman–Crippen MR) is 82.9 cm³/mol. The van der Waals surface area contributed by atoms with E-state index in [9.17, 15) is 36.6 Å². The van der Waals surface area contributed by atoms with Crippen LogP contribution in [-0.4, -0.2) is 29.6 Å². The summed E-state index contributed by atoms with van der Waals surface area (Å²) in [5.41, 5.74) is -1.06. The summed E-state index contributed by atoms with van der Waals surface area (Å²) in [6, 6.07) is 6.85. The molecule has 2 amide bonds. The van der Waals surface area contributed by atoms with Crippen LogP contribution in [0.5, 0.6) is 0 Å². The topological polar surface area (TPSA) is 78.4 Å². The molecule has 1 atom stereocenters. The van der Waals surface area contributed by atoms with Crippen LogP contribution in [-0.2, 0) is 11.3 Å². The van der Waals surface area contributed by atoms with Gasteiger partial charge in [0.15, 0.2) is 23.3 Å². The third kappa shape index (κ3) is 4.40. The van der Waals surface area contributed by atoms with Crippen LogP contribution in [0.4, 0.5) is 22.0 Å². The van der Waals surface area contributed by atoms with Crippen molar-refractivity contribution in [2.45, 2.75) is 12.6 Å². The number of carbonyl (C=O) groups excluding carboxylic acids is 2. The molecule has 0 aliphatic carbocycles. The van der Waals surface area contributed by atoms with Gasteiger partial charge in [-0.1, -0.05) is 30.3 Å². The molecule has 2 aromatic rings. The van der Waals surface area contributed by atoms with E-state index in [-0.39, 0.29) is 6.54 Å². The first-order valence-electron chi connectivity index (χ1n) is 7.52. The van der Waals surface area contributed by atoms with Gasteiger partial charge in [-0.2, -0.15) is 0 Å². The molecule has 0 saturated carbocycles. The molecule has 2 aromatic carbocycles. The van der Waals surface area contributed by atoms with Crippen LogP contribution in [0, 0.1) is 29.1 Å². The molecule has 0 aliphatic heterocycles. The van der Waals surface area contributed by atoms with E-state index in [1.54, 1.807) is 35.6 Å². The molecule has 144 valence electrons. The van der Waals surface area contributed by atoms with Crippen LogP contribution < -0.4 is 10.6 Å². The lowest BCUT2D eigenvalue weighted by Crippen LogP contribution is -2.49. The van der Waals surface area contributed by atoms with Crippen LogP contribution >= 0.6 is 0 Å². The number of carbonyl (C=O) groups is 2. The number of nitrogens with one attached hydrogen (secondary N) is 2. The highest BCUT2D eigenvalue weighted by molar-refractivity contribution is 5.98. The van der Waals surface area contributed by atoms with Gasteiger partial charge in [-0.3, -0.25) is 9.59 Å². The van der Waals surface area contributed by atoms with Gasteiger partial charge < -0.3 is 15.7 Å². The molecule has 0 aromatic heterocycles. The molecule has 10 heteroatoms. The number of rotatable bonds is 6. The fourth-order valence-corrected chi connectivity index (χ4v) is 2.14. The van der Waals surface area contributed by atoms with Gasteiger partial charge in [0.1, 0.15) is 11.6 Å². The zero-order valence-corrected chi connectivity index (χ0v) is 13.5. The summed E-state index contributed by atoms with van der Waals surface area (Å²) in [6.45, 7) is -0.948. The average molecular weight is 388 g/mol. The number of hydrogen-bond donors (Lipinski definition) is 3. The van der Waals surface area contributed by atoms with E-state index in [2.05, 4.69) is 5.32 Å². The molecular weight excluding hydrogens is 375 g/mol. The van der Waals surface area contributed by atoms with Crippen LogP contribution in [0.15, 0.2) is 30.3 Å². The maximum Gasteiger partial charge on any atom is 0.258 e. The van der Waals surface area contributed by atoms with Crippen molar-refractivity contribution in [2.75, 3.05) is 6.61 Å². The summed E-state index contributed by atoms with van der Waals surface area (Å²) in [4.78, 5) is 23.9. The SMILES string of the molecule is O=C(NC(CO)C(=O)NCc1ccccc1)c1c(F)c(F)c(F)c(F)c1F. The molecule has 5 nitrogen and oxygen atoms in total. The molecule has 0 saturated heterocycles. The Morgan fingerprint density at radius 3 is 1.93 bits per heavy atom. The van der Waals surface area contributed by atoms with Crippen molar-refractivity contribution >= 4 is 11.8 Å². The minimum absolute atomic E-state index is 0.0224. The molecule has 0 radical (unpaired) electrons. The van der Waals surface area contributed by atoms with Gasteiger partial charge in [0.05, 0.1) is 6.61 Å². The number of amides is 2. The summed E-state index contributed by atoms with van der Waals surface area (Å²) < 4.78 is 66.6. The van der Waals surface area contributed by atoms with Crippen molar-refractivity contribution in [3.05, 3.63) is 70.5 Å². The third-order valence-corrected chi connectivity index (χ3v) is 3.55. The number of hydrogen-bond acceptors (Lipinski definition) is 3. The standard InChI is InChI=1S/C17H13F5N2O3/c18-11-10(12(19)14(21)15(22)13(11)20)17(27)24-9(7-25)16(26)23-6-8-4-2-1-3-5-8/h1-5,9,25H,6-7H2,(H,23,26)(H,24,27). The normalized spacial score (nSPS) is 11.8. The van der Waals surface area contributed by atoms with E-state index < -0.39 is 59.1 Å². The maximum absolute atomic E-state index is 13.6. The molecule has 0 spiro atoms. The first-order valence-corrected chi connectivity index (χ1v) is 7.52. The van der Waals surface area contributed by atoms with Crippen LogP contribution in [0.3, 0.4) is 0 Å². The zero-order chi connectivity index (χ0) is 20.1. The molecule has 3 N–H and O–H groups in total. The molecule has 2 rings (SSSR count). The second-order valence-electron chi connectivity index (χ2n) is 5.36. The largest absolute Gasteiger partial charge is 0.394 e. The lowest BCUT2D eigenvalue weighted by atomic mass is 10.1. The van der Waals surface area contributed by atoms with Crippen molar-refractivity contribution in [3.63, 3.8) is 0 Å². The van der Waals surface area contributed by atoms with Gasteiger partial charge in [-0.05, 0) is 5.56 Å². The van der Waals surface area contributed by atoms with Gasteiger partial charge in [0.2, 0.25) is 11.7 Å². The molecule has 0 fully saturated rings. The Morgan fingerprint density at radius 2 is 1.41 bits per heavy atom. The van der Waals surface area contributed by atoms with Crippen LogP contribution in [0.2, 0.25) is 0 Å². The molecule has 0 aliphatic rings. The molecule has 0 heterocycles. The minimum atomic E-state index is -2.42. The minimum Gasteiger partial charge on any atom is -0.394 e. The molecule has 27 heavy (non-hydrogen) atoms. The Morgan fingerprint density at radius 1 is 0.889 bits per heavy atom. The Bertz CT molecular complexity index is 832. The second-order valence-corrected chi connectivity index (χ2v) is 5.36. The van der Waals surface area contributed by atoms with Crippen molar-refractivity contribution in [1.82, 2.24) is 10.6 Å². The lowest BCUT2D eigenvalue weighted by Gasteiger charge is -2.17. The Balaban J connectivity index is 2.14. The van der Waals surface area contributed by atoms with Crippen molar-refractivity contribution in [2.24, 2.45) is 0 Å². The third-order valence-electron chi connectivity index (χ3n) is 3.55. The smallest absolute Gasteiger partial charge is 0.258 e. The number of benzene rings is 2. The van der Waals surface area contributed by atoms with E-state index in [0.29, 0.717) is 5.56 Å². The highest BCUT2D eigenvalue weighted by atomic mass is 19.2. The van der Waals surface area contributed by atoms with Gasteiger partial charge >= 0.3 is 0 Å². The predicted octanol–water partition coefficient (Wildman–Crippen LogP) is 1.79. The fraction of sp³-hybridized carbons (Fsp3) is 0.176. The van der Waals surface area contributed by atoms with Gasteiger partial charge in [0.25, 0.3) is 5.91 Å². The monoisotopic (exact) mass is 388 g/mol. The summed E-state index contributed by atoms with van der Waals surface area (Å²) >= 11 is 0. The lowest BCUT2D eigenvalue weighted by molar-refractivity contribution is -0.124. The van der Waals surface area contributed by atoms with Gasteiger partial charge in [-0.15, -0.1) is 0 Å². The maximum atomic E-state index is 13.6. The van der Waals surface area contributed by atoms with Crippen LogP contribution in [0.1, 0.15) is 15.9 Å². The van der Waals surface area contributed by atoms with Crippen LogP contribution in [0.25, 0.3) is 0 Å². The highest BCUT2D eigenvalue weighted by Crippen LogP contribution is 2.23. The Kier molecular flexibility index (Phi) is 6.45. The van der Waals surface area contributed by atoms with Gasteiger partial charge in [0, 0.05) is 6.54 Å². The summed E-state index contributed by atoms with van der Waals surface area (Å²) in [7, 11) is 0. The quantitative estimate of drug-likeness (QED) is 0.401. The summed E-state index contributed by atoms with van der Waals surface area (Å²) in [5, 5.41) is 13.3. The van der Waals surface area contributed by atoms with E-state index in [0.717, 1.165) is 0 Å². The van der Waals surface area contributed by atoms with E-state index >= 15 is 0 Å². The molecule has 0 bridgehead atoms. The molecular formula is C17H13F5N2O3. The first kappa shape index (κ1) is 20.3. The van der Waals surface area contributed by atoms with Crippen molar-refractivity contribution < 1.29 is 36.6 Å². The average Bonchev–Trinajstić information content (AvgIpc) is 2.68. The Hall–Kier alpha value is -3.01. The van der Waals surface area contributed by atoms with E-state index in [1.165, 1.54) is 0 Å².